The van der Waals surface area contributed by atoms with Gasteiger partial charge in [-0.1, -0.05) is 0 Å². The largest absolute Gasteiger partial charge is 0.381 e. The molecule has 6 heteroatoms. The summed E-state index contributed by atoms with van der Waals surface area (Å²) in [4.78, 5) is 21.1. The minimum absolute atomic E-state index is 0.104. The number of aromatic nitrogens is 2. The highest BCUT2D eigenvalue weighted by atomic mass is 16.5. The van der Waals surface area contributed by atoms with Crippen LogP contribution in [0.4, 0.5) is 0 Å². The third-order valence-electron chi connectivity index (χ3n) is 4.01. The third-order valence-corrected chi connectivity index (χ3v) is 4.01. The van der Waals surface area contributed by atoms with Crippen LogP contribution in [-0.4, -0.2) is 53.8 Å². The van der Waals surface area contributed by atoms with Crippen LogP contribution in [0.2, 0.25) is 0 Å². The van der Waals surface area contributed by atoms with Crippen LogP contribution in [0.25, 0.3) is 0 Å². The van der Waals surface area contributed by atoms with E-state index >= 15 is 0 Å². The lowest BCUT2D eigenvalue weighted by Crippen LogP contribution is -2.47. The maximum absolute atomic E-state index is 11.6. The summed E-state index contributed by atoms with van der Waals surface area (Å²) in [6.45, 7) is 5.92. The lowest BCUT2D eigenvalue weighted by molar-refractivity contribution is -0.0648. The van der Waals surface area contributed by atoms with Crippen molar-refractivity contribution in [3.05, 3.63) is 27.9 Å². The van der Waals surface area contributed by atoms with Crippen LogP contribution in [0, 0.1) is 6.92 Å². The normalized spacial score (nSPS) is 25.8. The van der Waals surface area contributed by atoms with Crippen LogP contribution in [0.1, 0.15) is 30.5 Å². The zero-order valence-corrected chi connectivity index (χ0v) is 11.8. The molecule has 0 amide bonds. The Morgan fingerprint density at radius 1 is 1.35 bits per heavy atom. The fourth-order valence-electron chi connectivity index (χ4n) is 3.00. The van der Waals surface area contributed by atoms with Crippen LogP contribution in [0.3, 0.4) is 0 Å². The summed E-state index contributed by atoms with van der Waals surface area (Å²) in [6, 6.07) is 2.11. The topological polar surface area (TPSA) is 67.5 Å². The fourth-order valence-corrected chi connectivity index (χ4v) is 3.00. The Bertz CT molecular complexity index is 511. The number of ether oxygens (including phenoxy) is 2. The summed E-state index contributed by atoms with van der Waals surface area (Å²) in [7, 11) is 0. The first-order valence-corrected chi connectivity index (χ1v) is 7.23. The van der Waals surface area contributed by atoms with E-state index in [0.29, 0.717) is 18.5 Å². The molecule has 2 saturated heterocycles. The van der Waals surface area contributed by atoms with Crippen LogP contribution in [0.5, 0.6) is 0 Å². The van der Waals surface area contributed by atoms with Gasteiger partial charge in [-0.25, -0.2) is 4.98 Å². The number of aromatic amines is 1. The van der Waals surface area contributed by atoms with E-state index in [1.165, 1.54) is 0 Å². The molecule has 0 radical (unpaired) electrons. The van der Waals surface area contributed by atoms with Crippen molar-refractivity contribution in [2.45, 2.75) is 31.9 Å². The summed E-state index contributed by atoms with van der Waals surface area (Å²) in [5, 5.41) is 0. The van der Waals surface area contributed by atoms with Crippen molar-refractivity contribution in [1.29, 1.82) is 0 Å². The van der Waals surface area contributed by atoms with E-state index in [4.69, 9.17) is 9.47 Å². The number of nitrogens with zero attached hydrogens (tertiary/aromatic N) is 2. The molecule has 6 nitrogen and oxygen atoms in total. The van der Waals surface area contributed by atoms with E-state index in [1.54, 1.807) is 13.0 Å². The molecule has 1 aromatic heterocycles. The Kier molecular flexibility index (Phi) is 4.14. The summed E-state index contributed by atoms with van der Waals surface area (Å²) in [6.07, 6.45) is 2.05. The minimum Gasteiger partial charge on any atom is -0.381 e. The molecule has 0 spiro atoms. The van der Waals surface area contributed by atoms with E-state index in [1.807, 2.05) is 0 Å². The van der Waals surface area contributed by atoms with Gasteiger partial charge in [0.2, 0.25) is 0 Å². The highest BCUT2D eigenvalue weighted by Crippen LogP contribution is 2.24. The number of morpholine rings is 1. The van der Waals surface area contributed by atoms with Crippen LogP contribution >= 0.6 is 0 Å². The first-order chi connectivity index (χ1) is 9.72. The van der Waals surface area contributed by atoms with Crippen molar-refractivity contribution in [3.63, 3.8) is 0 Å². The van der Waals surface area contributed by atoms with Gasteiger partial charge in [0, 0.05) is 38.4 Å². The second-order valence-corrected chi connectivity index (χ2v) is 5.45. The molecule has 1 aromatic rings. The van der Waals surface area contributed by atoms with Crippen molar-refractivity contribution in [1.82, 2.24) is 14.9 Å². The quantitative estimate of drug-likeness (QED) is 0.860. The van der Waals surface area contributed by atoms with E-state index < -0.39 is 0 Å². The number of aryl methyl sites for hydroxylation is 1. The molecular weight excluding hydrogens is 258 g/mol. The molecule has 20 heavy (non-hydrogen) atoms. The molecule has 0 saturated carbocycles. The lowest BCUT2D eigenvalue weighted by Gasteiger charge is -2.39. The Morgan fingerprint density at radius 2 is 2.15 bits per heavy atom. The maximum atomic E-state index is 11.6. The lowest BCUT2D eigenvalue weighted by atomic mass is 10.0. The van der Waals surface area contributed by atoms with Crippen molar-refractivity contribution in [2.75, 3.05) is 32.9 Å². The van der Waals surface area contributed by atoms with Gasteiger partial charge in [-0.15, -0.1) is 0 Å². The second kappa shape index (κ2) is 6.03. The number of hydrogen-bond acceptors (Lipinski definition) is 5. The van der Waals surface area contributed by atoms with Crippen LogP contribution in [-0.2, 0) is 9.47 Å². The van der Waals surface area contributed by atoms with Gasteiger partial charge in [0.25, 0.3) is 5.56 Å². The van der Waals surface area contributed by atoms with E-state index in [9.17, 15) is 4.79 Å². The standard InChI is InChI=1S/C14H21N3O3/c1-10-15-12(8-14(18)16-10)13-9-17(4-7-20-13)11-2-5-19-6-3-11/h8,11,13H,2-7,9H2,1H3,(H,15,16,18)/t13-/m0/s1. The highest BCUT2D eigenvalue weighted by Gasteiger charge is 2.29. The summed E-state index contributed by atoms with van der Waals surface area (Å²) in [5.74, 6) is 0.638. The molecule has 0 aliphatic carbocycles. The first-order valence-electron chi connectivity index (χ1n) is 7.23. The number of nitrogens with one attached hydrogen (secondary N) is 1. The minimum atomic E-state index is -0.112. The SMILES string of the molecule is Cc1nc([C@@H]2CN(C3CCOCC3)CCO2)cc(=O)[nH]1. The Labute approximate surface area is 118 Å². The van der Waals surface area contributed by atoms with Crippen molar-refractivity contribution >= 4 is 0 Å². The summed E-state index contributed by atoms with van der Waals surface area (Å²) in [5.41, 5.74) is 0.627. The van der Waals surface area contributed by atoms with Gasteiger partial charge in [0.05, 0.1) is 12.3 Å². The van der Waals surface area contributed by atoms with Crippen molar-refractivity contribution < 1.29 is 9.47 Å². The number of hydrogen-bond donors (Lipinski definition) is 1. The first kappa shape index (κ1) is 13.7. The van der Waals surface area contributed by atoms with Gasteiger partial charge in [-0.3, -0.25) is 9.69 Å². The highest BCUT2D eigenvalue weighted by molar-refractivity contribution is 5.07. The predicted octanol–water partition coefficient (Wildman–Crippen LogP) is 0.631. The molecule has 1 atom stereocenters. The van der Waals surface area contributed by atoms with Crippen LogP contribution < -0.4 is 5.56 Å². The molecule has 3 heterocycles. The average molecular weight is 279 g/mol. The summed E-state index contributed by atoms with van der Waals surface area (Å²) < 4.78 is 11.2. The van der Waals surface area contributed by atoms with Gasteiger partial charge in [-0.05, 0) is 19.8 Å². The molecule has 0 bridgehead atoms. The van der Waals surface area contributed by atoms with Gasteiger partial charge in [0.1, 0.15) is 11.9 Å². The molecule has 2 aliphatic heterocycles. The molecule has 110 valence electrons. The maximum Gasteiger partial charge on any atom is 0.251 e. The van der Waals surface area contributed by atoms with Gasteiger partial charge < -0.3 is 14.5 Å². The van der Waals surface area contributed by atoms with E-state index in [0.717, 1.165) is 44.8 Å². The van der Waals surface area contributed by atoms with Crippen molar-refractivity contribution in [3.8, 4) is 0 Å². The predicted molar refractivity (Wildman–Crippen MR) is 73.7 cm³/mol. The monoisotopic (exact) mass is 279 g/mol. The second-order valence-electron chi connectivity index (χ2n) is 5.45. The third kappa shape index (κ3) is 3.08. The van der Waals surface area contributed by atoms with E-state index in [-0.39, 0.29) is 11.7 Å². The van der Waals surface area contributed by atoms with Crippen LogP contribution in [0.15, 0.2) is 10.9 Å². The molecule has 1 N–H and O–H groups in total. The molecule has 2 fully saturated rings. The smallest absolute Gasteiger partial charge is 0.251 e. The van der Waals surface area contributed by atoms with Gasteiger partial charge in [0.15, 0.2) is 0 Å². The van der Waals surface area contributed by atoms with Gasteiger partial charge in [-0.2, -0.15) is 0 Å². The Morgan fingerprint density at radius 3 is 2.90 bits per heavy atom. The zero-order valence-electron chi connectivity index (χ0n) is 11.8. The fraction of sp³-hybridized carbons (Fsp3) is 0.714. The molecule has 3 rings (SSSR count). The molecular formula is C14H21N3O3. The van der Waals surface area contributed by atoms with Gasteiger partial charge >= 0.3 is 0 Å². The average Bonchev–Trinajstić information content (AvgIpc) is 2.47. The Balaban J connectivity index is 1.72. The number of H-pyrrole nitrogens is 1. The van der Waals surface area contributed by atoms with Crippen molar-refractivity contribution in [2.24, 2.45) is 0 Å². The Hall–Kier alpha value is -1.24. The molecule has 0 aromatic carbocycles. The summed E-state index contributed by atoms with van der Waals surface area (Å²) >= 11 is 0. The zero-order chi connectivity index (χ0) is 13.9. The molecule has 2 aliphatic rings. The molecule has 0 unspecified atom stereocenters. The van der Waals surface area contributed by atoms with E-state index in [2.05, 4.69) is 14.9 Å². The number of rotatable bonds is 2.